The van der Waals surface area contributed by atoms with E-state index in [2.05, 4.69) is 22.8 Å². The van der Waals surface area contributed by atoms with Crippen LogP contribution < -0.4 is 20.1 Å². The SMILES string of the molecule is COc1ccc(C2(CNC(=O)Nc3ccccc3OC)CC2)cc1. The van der Waals surface area contributed by atoms with E-state index >= 15 is 0 Å². The molecule has 3 rings (SSSR count). The van der Waals surface area contributed by atoms with Crippen LogP contribution in [0.25, 0.3) is 0 Å². The fourth-order valence-corrected chi connectivity index (χ4v) is 2.83. The fourth-order valence-electron chi connectivity index (χ4n) is 2.83. The van der Waals surface area contributed by atoms with Crippen molar-refractivity contribution < 1.29 is 14.3 Å². The number of methoxy groups -OCH3 is 2. The molecule has 24 heavy (non-hydrogen) atoms. The summed E-state index contributed by atoms with van der Waals surface area (Å²) in [4.78, 5) is 12.2. The Balaban J connectivity index is 1.59. The van der Waals surface area contributed by atoms with Crippen LogP contribution in [0.3, 0.4) is 0 Å². The van der Waals surface area contributed by atoms with Gasteiger partial charge < -0.3 is 20.1 Å². The molecule has 0 aliphatic heterocycles. The van der Waals surface area contributed by atoms with E-state index in [1.807, 2.05) is 36.4 Å². The second kappa shape index (κ2) is 6.83. The van der Waals surface area contributed by atoms with E-state index in [4.69, 9.17) is 9.47 Å². The van der Waals surface area contributed by atoms with Crippen molar-refractivity contribution in [2.75, 3.05) is 26.1 Å². The summed E-state index contributed by atoms with van der Waals surface area (Å²) in [5.74, 6) is 1.49. The Kier molecular flexibility index (Phi) is 4.60. The molecule has 0 unspecified atom stereocenters. The number of benzene rings is 2. The molecule has 2 aromatic rings. The largest absolute Gasteiger partial charge is 0.497 e. The molecule has 0 bridgehead atoms. The van der Waals surface area contributed by atoms with Crippen LogP contribution >= 0.6 is 0 Å². The Morgan fingerprint density at radius 3 is 2.38 bits per heavy atom. The van der Waals surface area contributed by atoms with Gasteiger partial charge in [-0.15, -0.1) is 0 Å². The van der Waals surface area contributed by atoms with Gasteiger partial charge >= 0.3 is 6.03 Å². The Hall–Kier alpha value is -2.69. The molecule has 0 radical (unpaired) electrons. The third-order valence-corrected chi connectivity index (χ3v) is 4.50. The van der Waals surface area contributed by atoms with Crippen LogP contribution in [-0.2, 0) is 5.41 Å². The first kappa shape index (κ1) is 16.2. The summed E-state index contributed by atoms with van der Waals surface area (Å²) in [7, 11) is 3.24. The smallest absolute Gasteiger partial charge is 0.319 e. The first-order valence-electron chi connectivity index (χ1n) is 7.99. The summed E-state index contributed by atoms with van der Waals surface area (Å²) < 4.78 is 10.4. The lowest BCUT2D eigenvalue weighted by molar-refractivity contribution is 0.251. The molecule has 5 nitrogen and oxygen atoms in total. The van der Waals surface area contributed by atoms with Crippen molar-refractivity contribution in [2.45, 2.75) is 18.3 Å². The van der Waals surface area contributed by atoms with Crippen LogP contribution in [0.2, 0.25) is 0 Å². The molecule has 1 fully saturated rings. The minimum Gasteiger partial charge on any atom is -0.497 e. The quantitative estimate of drug-likeness (QED) is 0.853. The van der Waals surface area contributed by atoms with Gasteiger partial charge in [-0.05, 0) is 42.7 Å². The lowest BCUT2D eigenvalue weighted by atomic mass is 9.96. The first-order chi connectivity index (χ1) is 11.7. The molecule has 2 amide bonds. The number of urea groups is 1. The summed E-state index contributed by atoms with van der Waals surface area (Å²) in [6.45, 7) is 0.611. The van der Waals surface area contributed by atoms with Gasteiger partial charge in [0, 0.05) is 12.0 Å². The van der Waals surface area contributed by atoms with Gasteiger partial charge in [0.2, 0.25) is 0 Å². The molecule has 0 spiro atoms. The van der Waals surface area contributed by atoms with Crippen LogP contribution in [0.15, 0.2) is 48.5 Å². The van der Waals surface area contributed by atoms with E-state index in [0.717, 1.165) is 18.6 Å². The first-order valence-corrected chi connectivity index (χ1v) is 7.99. The molecule has 0 aromatic heterocycles. The number of hydrogen-bond donors (Lipinski definition) is 2. The second-order valence-electron chi connectivity index (χ2n) is 6.02. The molecule has 0 atom stereocenters. The standard InChI is InChI=1S/C19H22N2O3/c1-23-15-9-7-14(8-10-15)19(11-12-19)13-20-18(22)21-16-5-3-4-6-17(16)24-2/h3-10H,11-13H2,1-2H3,(H2,20,21,22). The molecule has 0 heterocycles. The van der Waals surface area contributed by atoms with Gasteiger partial charge in [0.1, 0.15) is 11.5 Å². The van der Waals surface area contributed by atoms with E-state index in [9.17, 15) is 4.79 Å². The highest BCUT2D eigenvalue weighted by Crippen LogP contribution is 2.47. The predicted molar refractivity (Wildman–Crippen MR) is 93.9 cm³/mol. The van der Waals surface area contributed by atoms with E-state index in [0.29, 0.717) is 18.0 Å². The number of nitrogens with one attached hydrogen (secondary N) is 2. The number of carbonyl (C=O) groups excluding carboxylic acids is 1. The van der Waals surface area contributed by atoms with Crippen molar-refractivity contribution in [3.63, 3.8) is 0 Å². The van der Waals surface area contributed by atoms with Crippen LogP contribution in [-0.4, -0.2) is 26.8 Å². The maximum absolute atomic E-state index is 12.2. The number of rotatable bonds is 6. The lowest BCUT2D eigenvalue weighted by Crippen LogP contribution is -2.35. The third-order valence-electron chi connectivity index (χ3n) is 4.50. The van der Waals surface area contributed by atoms with Crippen LogP contribution in [0, 0.1) is 0 Å². The number of hydrogen-bond acceptors (Lipinski definition) is 3. The maximum atomic E-state index is 12.2. The van der Waals surface area contributed by atoms with Crippen LogP contribution in [0.4, 0.5) is 10.5 Å². The van der Waals surface area contributed by atoms with Crippen molar-refractivity contribution >= 4 is 11.7 Å². The normalized spacial score (nSPS) is 14.6. The Bertz CT molecular complexity index is 709. The van der Waals surface area contributed by atoms with E-state index in [1.54, 1.807) is 14.2 Å². The van der Waals surface area contributed by atoms with Gasteiger partial charge in [-0.1, -0.05) is 24.3 Å². The molecular formula is C19H22N2O3. The Morgan fingerprint density at radius 1 is 1.04 bits per heavy atom. The zero-order chi connectivity index (χ0) is 17.0. The van der Waals surface area contributed by atoms with Crippen molar-refractivity contribution in [3.8, 4) is 11.5 Å². The minimum atomic E-state index is -0.223. The molecule has 126 valence electrons. The molecule has 0 saturated heterocycles. The zero-order valence-corrected chi connectivity index (χ0v) is 14.0. The molecule has 2 aromatic carbocycles. The summed E-state index contributed by atoms with van der Waals surface area (Å²) >= 11 is 0. The van der Waals surface area contributed by atoms with E-state index in [-0.39, 0.29) is 11.4 Å². The second-order valence-corrected chi connectivity index (χ2v) is 6.02. The third kappa shape index (κ3) is 3.45. The van der Waals surface area contributed by atoms with Crippen molar-refractivity contribution in [2.24, 2.45) is 0 Å². The average molecular weight is 326 g/mol. The maximum Gasteiger partial charge on any atom is 0.319 e. The highest BCUT2D eigenvalue weighted by atomic mass is 16.5. The topological polar surface area (TPSA) is 59.6 Å². The monoisotopic (exact) mass is 326 g/mol. The summed E-state index contributed by atoms with van der Waals surface area (Å²) in [5.41, 5.74) is 1.94. The summed E-state index contributed by atoms with van der Waals surface area (Å²) in [5, 5.41) is 5.81. The van der Waals surface area contributed by atoms with Crippen molar-refractivity contribution in [3.05, 3.63) is 54.1 Å². The molecule has 2 N–H and O–H groups in total. The minimum absolute atomic E-state index is 0.0460. The van der Waals surface area contributed by atoms with Crippen molar-refractivity contribution in [1.82, 2.24) is 5.32 Å². The Morgan fingerprint density at radius 2 is 1.75 bits per heavy atom. The van der Waals surface area contributed by atoms with Crippen molar-refractivity contribution in [1.29, 1.82) is 0 Å². The van der Waals surface area contributed by atoms with Crippen LogP contribution in [0.1, 0.15) is 18.4 Å². The zero-order valence-electron chi connectivity index (χ0n) is 14.0. The van der Waals surface area contributed by atoms with Gasteiger partial charge in [0.15, 0.2) is 0 Å². The number of carbonyl (C=O) groups is 1. The lowest BCUT2D eigenvalue weighted by Gasteiger charge is -2.18. The fraction of sp³-hybridized carbons (Fsp3) is 0.316. The van der Waals surface area contributed by atoms with E-state index < -0.39 is 0 Å². The summed E-state index contributed by atoms with van der Waals surface area (Å²) in [6, 6.07) is 15.2. The van der Waals surface area contributed by atoms with Gasteiger partial charge in [-0.3, -0.25) is 0 Å². The predicted octanol–water partition coefficient (Wildman–Crippen LogP) is 3.56. The number of anilines is 1. The number of para-hydroxylation sites is 2. The molecule has 1 saturated carbocycles. The number of amides is 2. The Labute approximate surface area is 142 Å². The summed E-state index contributed by atoms with van der Waals surface area (Å²) in [6.07, 6.45) is 2.16. The average Bonchev–Trinajstić information content (AvgIpc) is 3.42. The number of ether oxygens (including phenoxy) is 2. The highest BCUT2D eigenvalue weighted by molar-refractivity contribution is 5.91. The molecular weight excluding hydrogens is 304 g/mol. The molecule has 5 heteroatoms. The van der Waals surface area contributed by atoms with Gasteiger partial charge in [0.05, 0.1) is 19.9 Å². The van der Waals surface area contributed by atoms with Crippen LogP contribution in [0.5, 0.6) is 11.5 Å². The molecule has 1 aliphatic carbocycles. The van der Waals surface area contributed by atoms with E-state index in [1.165, 1.54) is 5.56 Å². The van der Waals surface area contributed by atoms with Gasteiger partial charge in [0.25, 0.3) is 0 Å². The van der Waals surface area contributed by atoms with Gasteiger partial charge in [-0.25, -0.2) is 4.79 Å². The van der Waals surface area contributed by atoms with Gasteiger partial charge in [-0.2, -0.15) is 0 Å². The highest BCUT2D eigenvalue weighted by Gasteiger charge is 2.44. The molecule has 1 aliphatic rings.